The van der Waals surface area contributed by atoms with Gasteiger partial charge in [0.15, 0.2) is 10.0 Å². The minimum Gasteiger partial charge on any atom is -0.295 e. The van der Waals surface area contributed by atoms with Crippen molar-refractivity contribution in [2.75, 3.05) is 11.1 Å². The van der Waals surface area contributed by atoms with Crippen LogP contribution in [0.5, 0.6) is 0 Å². The fourth-order valence-electron chi connectivity index (χ4n) is 2.24. The van der Waals surface area contributed by atoms with Crippen LogP contribution in [0.2, 0.25) is 0 Å². The molecule has 1 aromatic carbocycles. The lowest BCUT2D eigenvalue weighted by Gasteiger charge is -2.06. The number of amides is 1. The van der Waals surface area contributed by atoms with Gasteiger partial charge in [0.1, 0.15) is 0 Å². The predicted octanol–water partition coefficient (Wildman–Crippen LogP) is 3.41. The van der Waals surface area contributed by atoms with E-state index >= 15 is 0 Å². The molecule has 0 saturated carbocycles. The van der Waals surface area contributed by atoms with Gasteiger partial charge >= 0.3 is 0 Å². The van der Waals surface area contributed by atoms with Gasteiger partial charge in [0.05, 0.1) is 11.4 Å². The maximum absolute atomic E-state index is 12.5. The summed E-state index contributed by atoms with van der Waals surface area (Å²) in [5.41, 5.74) is 4.20. The Morgan fingerprint density at radius 3 is 2.72 bits per heavy atom. The van der Waals surface area contributed by atoms with E-state index in [-0.39, 0.29) is 11.6 Å². The number of rotatable bonds is 5. The number of thioether (sulfide) groups is 1. The highest BCUT2D eigenvalue weighted by molar-refractivity contribution is 8.01. The third-order valence-electron chi connectivity index (χ3n) is 3.74. The van der Waals surface area contributed by atoms with Crippen LogP contribution in [0.4, 0.5) is 5.13 Å². The van der Waals surface area contributed by atoms with Crippen molar-refractivity contribution in [3.05, 3.63) is 40.7 Å². The van der Waals surface area contributed by atoms with Crippen molar-refractivity contribution < 1.29 is 4.79 Å². The molecule has 1 amide bonds. The molecule has 0 fully saturated rings. The van der Waals surface area contributed by atoms with E-state index in [9.17, 15) is 4.79 Å². The number of anilines is 1. The first-order valence-electron chi connectivity index (χ1n) is 7.77. The summed E-state index contributed by atoms with van der Waals surface area (Å²) in [6.07, 6.45) is 0. The topological polar surface area (TPSA) is 85.6 Å². The second-order valence-electron chi connectivity index (χ2n) is 5.46. The highest BCUT2D eigenvalue weighted by Crippen LogP contribution is 2.25. The van der Waals surface area contributed by atoms with Gasteiger partial charge in [0.2, 0.25) is 5.13 Å². The number of nitrogens with one attached hydrogen (secondary N) is 1. The molecular weight excluding hydrogens is 356 g/mol. The molecule has 1 N–H and O–H groups in total. The number of aryl methyl sites for hydroxylation is 2. The lowest BCUT2D eigenvalue weighted by atomic mass is 10.1. The molecule has 9 heteroatoms. The van der Waals surface area contributed by atoms with E-state index in [4.69, 9.17) is 0 Å². The third kappa shape index (κ3) is 3.72. The lowest BCUT2D eigenvalue weighted by Crippen LogP contribution is -2.14. The second kappa shape index (κ2) is 7.32. The van der Waals surface area contributed by atoms with Gasteiger partial charge in [-0.15, -0.1) is 15.3 Å². The third-order valence-corrected chi connectivity index (χ3v) is 5.59. The summed E-state index contributed by atoms with van der Waals surface area (Å²) in [6, 6.07) is 6.02. The first kappa shape index (κ1) is 17.6. The molecule has 0 atom stereocenters. The highest BCUT2D eigenvalue weighted by Gasteiger charge is 2.19. The van der Waals surface area contributed by atoms with E-state index in [0.717, 1.165) is 21.3 Å². The molecule has 2 aromatic heterocycles. The molecular formula is C16H18N6OS2. The molecule has 0 aliphatic carbocycles. The maximum atomic E-state index is 12.5. The van der Waals surface area contributed by atoms with Crippen LogP contribution in [-0.2, 0) is 0 Å². The molecule has 7 nitrogen and oxygen atoms in total. The zero-order chi connectivity index (χ0) is 18.0. The van der Waals surface area contributed by atoms with E-state index in [1.165, 1.54) is 16.9 Å². The summed E-state index contributed by atoms with van der Waals surface area (Å²) >= 11 is 2.93. The number of hydrogen-bond acceptors (Lipinski definition) is 7. The molecule has 0 aliphatic rings. The smallest absolute Gasteiger partial charge is 0.279 e. The zero-order valence-corrected chi connectivity index (χ0v) is 16.0. The van der Waals surface area contributed by atoms with E-state index in [1.54, 1.807) is 16.4 Å². The van der Waals surface area contributed by atoms with Crippen molar-refractivity contribution in [1.82, 2.24) is 25.2 Å². The molecule has 3 aromatic rings. The Hall–Kier alpha value is -2.26. The van der Waals surface area contributed by atoms with Crippen molar-refractivity contribution in [1.29, 1.82) is 0 Å². The van der Waals surface area contributed by atoms with Gasteiger partial charge in [-0.05, 0) is 49.8 Å². The number of aromatic nitrogens is 5. The van der Waals surface area contributed by atoms with Crippen LogP contribution in [0.1, 0.15) is 34.2 Å². The second-order valence-corrected chi connectivity index (χ2v) is 7.95. The molecule has 130 valence electrons. The van der Waals surface area contributed by atoms with Gasteiger partial charge in [0.25, 0.3) is 5.91 Å². The predicted molar refractivity (Wildman–Crippen MR) is 99.8 cm³/mol. The number of benzene rings is 1. The number of carbonyl (C=O) groups excluding carboxylic acids is 1. The van der Waals surface area contributed by atoms with Gasteiger partial charge in [-0.25, -0.2) is 4.68 Å². The van der Waals surface area contributed by atoms with Crippen LogP contribution in [-0.4, -0.2) is 36.9 Å². The van der Waals surface area contributed by atoms with Crippen molar-refractivity contribution in [2.24, 2.45) is 0 Å². The van der Waals surface area contributed by atoms with Crippen LogP contribution in [0, 0.1) is 20.8 Å². The van der Waals surface area contributed by atoms with Crippen LogP contribution in [0.3, 0.4) is 0 Å². The van der Waals surface area contributed by atoms with Crippen molar-refractivity contribution in [3.63, 3.8) is 0 Å². The molecule has 0 spiro atoms. The van der Waals surface area contributed by atoms with Crippen LogP contribution in [0.25, 0.3) is 5.69 Å². The Balaban J connectivity index is 1.82. The Kier molecular flexibility index (Phi) is 5.14. The van der Waals surface area contributed by atoms with E-state index < -0.39 is 0 Å². The zero-order valence-electron chi connectivity index (χ0n) is 14.4. The molecule has 25 heavy (non-hydrogen) atoms. The number of carbonyl (C=O) groups is 1. The standard InChI is InChI=1S/C16H18N6OS2/c1-5-24-16-20-19-15(25-16)17-14(23)13-11(4)22(21-18-13)12-7-6-9(2)10(3)8-12/h6-8H,5H2,1-4H3,(H,17,19,23). The molecule has 3 rings (SSSR count). The minimum atomic E-state index is -0.336. The number of nitrogens with zero attached hydrogens (tertiary/aromatic N) is 5. The summed E-state index contributed by atoms with van der Waals surface area (Å²) < 4.78 is 2.49. The molecule has 0 unspecified atom stereocenters. The van der Waals surface area contributed by atoms with Gasteiger partial charge < -0.3 is 0 Å². The fraction of sp³-hybridized carbons (Fsp3) is 0.312. The van der Waals surface area contributed by atoms with Gasteiger partial charge in [-0.1, -0.05) is 41.3 Å². The maximum Gasteiger partial charge on any atom is 0.279 e. The quantitative estimate of drug-likeness (QED) is 0.544. The van der Waals surface area contributed by atoms with E-state index in [2.05, 4.69) is 32.7 Å². The van der Waals surface area contributed by atoms with Gasteiger partial charge in [-0.2, -0.15) is 0 Å². The fourth-order valence-corrected chi connectivity index (χ4v) is 3.88. The molecule has 0 saturated heterocycles. The lowest BCUT2D eigenvalue weighted by molar-refractivity contribution is 0.102. The normalized spacial score (nSPS) is 10.9. The minimum absolute atomic E-state index is 0.276. The van der Waals surface area contributed by atoms with Crippen LogP contribution in [0.15, 0.2) is 22.5 Å². The van der Waals surface area contributed by atoms with Crippen molar-refractivity contribution in [3.8, 4) is 5.69 Å². The molecule has 0 bridgehead atoms. The monoisotopic (exact) mass is 374 g/mol. The van der Waals surface area contributed by atoms with Crippen molar-refractivity contribution in [2.45, 2.75) is 32.0 Å². The number of hydrogen-bond donors (Lipinski definition) is 1. The van der Waals surface area contributed by atoms with E-state index in [0.29, 0.717) is 10.8 Å². The summed E-state index contributed by atoms with van der Waals surface area (Å²) in [6.45, 7) is 7.96. The van der Waals surface area contributed by atoms with Gasteiger partial charge in [0, 0.05) is 0 Å². The van der Waals surface area contributed by atoms with Gasteiger partial charge in [-0.3, -0.25) is 10.1 Å². The summed E-state index contributed by atoms with van der Waals surface area (Å²) in [5.74, 6) is 0.572. The average molecular weight is 374 g/mol. The largest absolute Gasteiger partial charge is 0.295 e. The van der Waals surface area contributed by atoms with Crippen LogP contribution >= 0.6 is 23.1 Å². The van der Waals surface area contributed by atoms with Crippen molar-refractivity contribution >= 4 is 34.1 Å². The van der Waals surface area contributed by atoms with Crippen LogP contribution < -0.4 is 5.32 Å². The molecule has 2 heterocycles. The first-order chi connectivity index (χ1) is 12.0. The summed E-state index contributed by atoms with van der Waals surface area (Å²) in [5, 5.41) is 19.4. The SMILES string of the molecule is CCSc1nnc(NC(=O)c2nnn(-c3ccc(C)c(C)c3)c2C)s1. The molecule has 0 aliphatic heterocycles. The summed E-state index contributed by atoms with van der Waals surface area (Å²) in [7, 11) is 0. The summed E-state index contributed by atoms with van der Waals surface area (Å²) in [4.78, 5) is 12.5. The Morgan fingerprint density at radius 1 is 1.20 bits per heavy atom. The first-order valence-corrected chi connectivity index (χ1v) is 9.57. The Labute approximate surface area is 153 Å². The average Bonchev–Trinajstić information content (AvgIpc) is 3.17. The Morgan fingerprint density at radius 2 is 2.00 bits per heavy atom. The highest BCUT2D eigenvalue weighted by atomic mass is 32.2. The molecule has 0 radical (unpaired) electrons. The Bertz CT molecular complexity index is 917. The van der Waals surface area contributed by atoms with E-state index in [1.807, 2.05) is 39.0 Å².